The fraction of sp³-hybridized carbons (Fsp3) is 0.360. The summed E-state index contributed by atoms with van der Waals surface area (Å²) in [5, 5.41) is 7.95. The minimum atomic E-state index is 0. The van der Waals surface area contributed by atoms with Gasteiger partial charge in [0.1, 0.15) is 0 Å². The van der Waals surface area contributed by atoms with Crippen molar-refractivity contribution in [2.24, 2.45) is 4.99 Å². The zero-order chi connectivity index (χ0) is 21.8. The average molecular weight is 558 g/mol. The van der Waals surface area contributed by atoms with E-state index in [-0.39, 0.29) is 30.1 Å². The molecule has 3 heterocycles. The molecule has 2 saturated heterocycles. The summed E-state index contributed by atoms with van der Waals surface area (Å²) in [6.45, 7) is 5.16. The second-order valence-corrected chi connectivity index (χ2v) is 8.32. The highest BCUT2D eigenvalue weighted by Gasteiger charge is 2.41. The Bertz CT molecular complexity index is 1040. The summed E-state index contributed by atoms with van der Waals surface area (Å²) in [5.74, 6) is 0.915. The summed E-state index contributed by atoms with van der Waals surface area (Å²) in [7, 11) is 1.85. The number of morpholine rings is 1. The van der Waals surface area contributed by atoms with Gasteiger partial charge in [0.15, 0.2) is 5.96 Å². The molecule has 0 saturated carbocycles. The van der Waals surface area contributed by atoms with Crippen LogP contribution in [0.15, 0.2) is 78.0 Å². The fourth-order valence-electron chi connectivity index (χ4n) is 4.75. The van der Waals surface area contributed by atoms with Crippen molar-refractivity contribution in [3.63, 3.8) is 0 Å². The maximum Gasteiger partial charge on any atom is 0.194 e. The van der Waals surface area contributed by atoms with Crippen LogP contribution in [0.25, 0.3) is 5.69 Å². The van der Waals surface area contributed by atoms with Gasteiger partial charge in [0.05, 0.1) is 24.4 Å². The zero-order valence-electron chi connectivity index (χ0n) is 18.9. The number of guanidine groups is 1. The van der Waals surface area contributed by atoms with E-state index in [1.165, 1.54) is 11.1 Å². The van der Waals surface area contributed by atoms with E-state index in [1.54, 1.807) is 6.20 Å². The number of likely N-dealkylation sites (tertiary alicyclic amines) is 1. The number of nitrogens with zero attached hydrogens (tertiary/aromatic N) is 5. The van der Waals surface area contributed by atoms with Crippen LogP contribution in [0.1, 0.15) is 11.1 Å². The number of aliphatic imine (C=N–C) groups is 1. The number of ether oxygens (including phenoxy) is 1. The summed E-state index contributed by atoms with van der Waals surface area (Å²) in [6, 6.07) is 21.3. The number of hydrogen-bond donors (Lipinski definition) is 1. The molecule has 2 aromatic carbocycles. The van der Waals surface area contributed by atoms with Crippen LogP contribution in [0.3, 0.4) is 0 Å². The van der Waals surface area contributed by atoms with E-state index in [2.05, 4.69) is 73.7 Å². The summed E-state index contributed by atoms with van der Waals surface area (Å²) in [6.07, 6.45) is 3.98. The van der Waals surface area contributed by atoms with Crippen molar-refractivity contribution in [3.05, 3.63) is 84.2 Å². The lowest BCUT2D eigenvalue weighted by Gasteiger charge is -2.36. The van der Waals surface area contributed by atoms with Gasteiger partial charge in [-0.15, -0.1) is 24.0 Å². The van der Waals surface area contributed by atoms with Crippen LogP contribution in [-0.2, 0) is 17.8 Å². The molecule has 2 unspecified atom stereocenters. The summed E-state index contributed by atoms with van der Waals surface area (Å²) < 4.78 is 8.05. The number of para-hydroxylation sites is 1. The van der Waals surface area contributed by atoms with Gasteiger partial charge in [-0.05, 0) is 23.3 Å². The maximum absolute atomic E-state index is 6.15. The van der Waals surface area contributed by atoms with Crippen LogP contribution >= 0.6 is 24.0 Å². The quantitative estimate of drug-likeness (QED) is 0.297. The van der Waals surface area contributed by atoms with Gasteiger partial charge in [-0.3, -0.25) is 9.89 Å². The Morgan fingerprint density at radius 3 is 2.70 bits per heavy atom. The van der Waals surface area contributed by atoms with Crippen molar-refractivity contribution in [2.75, 3.05) is 33.3 Å². The molecule has 5 rings (SSSR count). The summed E-state index contributed by atoms with van der Waals surface area (Å²) in [4.78, 5) is 9.47. The molecule has 2 atom stereocenters. The number of nitrogens with one attached hydrogen (secondary N) is 1. The summed E-state index contributed by atoms with van der Waals surface area (Å²) in [5.41, 5.74) is 3.60. The van der Waals surface area contributed by atoms with Crippen LogP contribution in [0.5, 0.6) is 0 Å². The van der Waals surface area contributed by atoms with E-state index < -0.39 is 0 Å². The van der Waals surface area contributed by atoms with Crippen molar-refractivity contribution < 1.29 is 4.74 Å². The molecule has 0 aliphatic carbocycles. The third-order valence-corrected chi connectivity index (χ3v) is 6.34. The first-order chi connectivity index (χ1) is 15.8. The van der Waals surface area contributed by atoms with E-state index >= 15 is 0 Å². The van der Waals surface area contributed by atoms with Crippen LogP contribution < -0.4 is 5.32 Å². The Kier molecular flexibility index (Phi) is 8.00. The monoisotopic (exact) mass is 558 g/mol. The zero-order valence-corrected chi connectivity index (χ0v) is 21.2. The van der Waals surface area contributed by atoms with E-state index in [0.717, 1.165) is 44.4 Å². The first-order valence-corrected chi connectivity index (χ1v) is 11.2. The highest BCUT2D eigenvalue weighted by molar-refractivity contribution is 14.0. The van der Waals surface area contributed by atoms with Gasteiger partial charge in [-0.25, -0.2) is 4.68 Å². The van der Waals surface area contributed by atoms with Gasteiger partial charge in [0.25, 0.3) is 0 Å². The highest BCUT2D eigenvalue weighted by atomic mass is 127. The minimum absolute atomic E-state index is 0. The Balaban J connectivity index is 0.00000259. The molecule has 0 bridgehead atoms. The van der Waals surface area contributed by atoms with Gasteiger partial charge < -0.3 is 15.0 Å². The van der Waals surface area contributed by atoms with Gasteiger partial charge in [-0.2, -0.15) is 5.10 Å². The van der Waals surface area contributed by atoms with Crippen molar-refractivity contribution in [1.29, 1.82) is 0 Å². The van der Waals surface area contributed by atoms with Gasteiger partial charge in [-0.1, -0.05) is 48.5 Å². The molecule has 3 aromatic rings. The molecule has 1 aromatic heterocycles. The largest absolute Gasteiger partial charge is 0.373 e. The molecule has 2 fully saturated rings. The van der Waals surface area contributed by atoms with Crippen molar-refractivity contribution >= 4 is 29.9 Å². The third kappa shape index (κ3) is 5.39. The van der Waals surface area contributed by atoms with Crippen LogP contribution in [-0.4, -0.2) is 71.0 Å². The molecule has 33 heavy (non-hydrogen) atoms. The molecular formula is C25H31IN6O. The highest BCUT2D eigenvalue weighted by Crippen LogP contribution is 2.25. The molecule has 2 aliphatic heterocycles. The predicted octanol–water partition coefficient (Wildman–Crippen LogP) is 3.15. The molecule has 0 spiro atoms. The molecule has 8 heteroatoms. The SMILES string of the molecule is CN=C(NCc1ccccc1-n1cccn1)N1CC2OCCN(Cc3ccccc3)C2C1.I. The average Bonchev–Trinajstić information content (AvgIpc) is 3.51. The lowest BCUT2D eigenvalue weighted by Crippen LogP contribution is -2.50. The molecule has 0 radical (unpaired) electrons. The molecule has 0 amide bonds. The van der Waals surface area contributed by atoms with Crippen LogP contribution in [0.2, 0.25) is 0 Å². The Hall–Kier alpha value is -2.43. The predicted molar refractivity (Wildman–Crippen MR) is 141 cm³/mol. The van der Waals surface area contributed by atoms with Crippen molar-refractivity contribution in [3.8, 4) is 5.69 Å². The van der Waals surface area contributed by atoms with E-state index in [4.69, 9.17) is 4.74 Å². The Labute approximate surface area is 212 Å². The lowest BCUT2D eigenvalue weighted by atomic mass is 10.1. The normalized spacial score (nSPS) is 20.9. The number of fused-ring (bicyclic) bond motifs is 1. The number of hydrogen-bond acceptors (Lipinski definition) is 4. The molecular weight excluding hydrogens is 527 g/mol. The van der Waals surface area contributed by atoms with Crippen molar-refractivity contribution in [2.45, 2.75) is 25.2 Å². The second kappa shape index (κ2) is 11.1. The molecule has 1 N–H and O–H groups in total. The van der Waals surface area contributed by atoms with Gasteiger partial charge >= 0.3 is 0 Å². The first kappa shape index (κ1) is 23.7. The smallest absolute Gasteiger partial charge is 0.194 e. The number of rotatable bonds is 5. The molecule has 174 valence electrons. The summed E-state index contributed by atoms with van der Waals surface area (Å²) >= 11 is 0. The van der Waals surface area contributed by atoms with E-state index in [1.807, 2.05) is 30.1 Å². The topological polar surface area (TPSA) is 57.9 Å². The maximum atomic E-state index is 6.15. The number of halogens is 1. The van der Waals surface area contributed by atoms with Gasteiger partial charge in [0, 0.05) is 52.2 Å². The second-order valence-electron chi connectivity index (χ2n) is 8.32. The molecule has 7 nitrogen and oxygen atoms in total. The first-order valence-electron chi connectivity index (χ1n) is 11.2. The standard InChI is InChI=1S/C25H30N6O.HI/c1-26-25(27-16-21-10-5-6-11-22(21)31-13-7-12-28-31)30-18-23-24(19-30)32-15-14-29(23)17-20-8-3-2-4-9-20;/h2-13,23-24H,14-19H2,1H3,(H,26,27);1H. The lowest BCUT2D eigenvalue weighted by molar-refractivity contribution is -0.0502. The van der Waals surface area contributed by atoms with E-state index in [9.17, 15) is 0 Å². The van der Waals surface area contributed by atoms with Crippen LogP contribution in [0, 0.1) is 0 Å². The number of aromatic nitrogens is 2. The molecule has 2 aliphatic rings. The van der Waals surface area contributed by atoms with E-state index in [0.29, 0.717) is 12.6 Å². The van der Waals surface area contributed by atoms with Crippen LogP contribution in [0.4, 0.5) is 0 Å². The Morgan fingerprint density at radius 1 is 1.09 bits per heavy atom. The number of benzene rings is 2. The van der Waals surface area contributed by atoms with Gasteiger partial charge in [0.2, 0.25) is 0 Å². The minimum Gasteiger partial charge on any atom is -0.373 e. The third-order valence-electron chi connectivity index (χ3n) is 6.34. The Morgan fingerprint density at radius 2 is 1.91 bits per heavy atom. The fourth-order valence-corrected chi connectivity index (χ4v) is 4.75. The van der Waals surface area contributed by atoms with Crippen molar-refractivity contribution in [1.82, 2.24) is 24.9 Å².